The van der Waals surface area contributed by atoms with E-state index in [1.807, 2.05) is 0 Å². The number of aliphatic imine (C=N–C) groups is 1. The van der Waals surface area contributed by atoms with Crippen LogP contribution in [-0.4, -0.2) is 83.2 Å². The van der Waals surface area contributed by atoms with E-state index in [2.05, 4.69) is 38.7 Å². The zero-order chi connectivity index (χ0) is 34.3. The summed E-state index contributed by atoms with van der Waals surface area (Å²) in [6.07, 6.45) is 13.6. The van der Waals surface area contributed by atoms with Gasteiger partial charge in [0.2, 0.25) is 5.91 Å². The fourth-order valence-electron chi connectivity index (χ4n) is 6.52. The molecule has 1 aliphatic carbocycles. The zero-order valence-corrected chi connectivity index (χ0v) is 27.3. The molecule has 0 radical (unpaired) electrons. The van der Waals surface area contributed by atoms with Gasteiger partial charge in [-0.05, 0) is 57.0 Å². The van der Waals surface area contributed by atoms with Gasteiger partial charge in [-0.2, -0.15) is 19.1 Å². The number of carbonyl (C=O) groups is 2. The Labute approximate surface area is 282 Å². The minimum atomic E-state index is -3.14. The van der Waals surface area contributed by atoms with Crippen LogP contribution in [0.15, 0.2) is 53.1 Å². The van der Waals surface area contributed by atoms with E-state index in [1.165, 1.54) is 41.7 Å². The second-order valence-corrected chi connectivity index (χ2v) is 12.7. The first-order chi connectivity index (χ1) is 23.1. The molecule has 3 aliphatic rings. The number of benzene rings is 1. The predicted octanol–water partition coefficient (Wildman–Crippen LogP) is 5.19. The van der Waals surface area contributed by atoms with Crippen LogP contribution < -0.4 is 15.4 Å². The molecular weight excluding hydrogens is 644 g/mol. The van der Waals surface area contributed by atoms with Gasteiger partial charge in [-0.15, -0.1) is 0 Å². The van der Waals surface area contributed by atoms with Crippen LogP contribution >= 0.6 is 11.6 Å². The van der Waals surface area contributed by atoms with E-state index in [9.17, 15) is 23.6 Å². The highest BCUT2D eigenvalue weighted by Crippen LogP contribution is 2.38. The lowest BCUT2D eigenvalue weighted by molar-refractivity contribution is -0.133. The summed E-state index contributed by atoms with van der Waals surface area (Å²) in [6.45, 7) is -1.53. The van der Waals surface area contributed by atoms with Crippen LogP contribution in [-0.2, 0) is 16.1 Å². The van der Waals surface area contributed by atoms with Crippen LogP contribution in [0.5, 0.6) is 5.75 Å². The highest BCUT2D eigenvalue weighted by molar-refractivity contribution is 6.31. The Morgan fingerprint density at radius 2 is 2.04 bits per heavy atom. The molecule has 2 amide bonds. The van der Waals surface area contributed by atoms with Crippen molar-refractivity contribution in [2.24, 2.45) is 10.4 Å². The van der Waals surface area contributed by atoms with E-state index in [0.29, 0.717) is 13.1 Å². The monoisotopic (exact) mass is 681 g/mol. The molecule has 1 saturated heterocycles. The first kappa shape index (κ1) is 34.7. The van der Waals surface area contributed by atoms with Crippen LogP contribution in [0.2, 0.25) is 5.02 Å². The summed E-state index contributed by atoms with van der Waals surface area (Å²) < 4.78 is 32.7. The number of aromatic nitrogens is 2. The van der Waals surface area contributed by atoms with E-state index in [1.54, 1.807) is 17.2 Å². The van der Waals surface area contributed by atoms with E-state index >= 15 is 0 Å². The molecule has 1 aromatic carbocycles. The lowest BCUT2D eigenvalue weighted by Gasteiger charge is -2.41. The van der Waals surface area contributed by atoms with Crippen molar-refractivity contribution >= 4 is 41.5 Å². The maximum Gasteiger partial charge on any atom is 0.387 e. The number of anilines is 1. The van der Waals surface area contributed by atoms with Crippen molar-refractivity contribution in [3.05, 3.63) is 53.1 Å². The van der Waals surface area contributed by atoms with Crippen LogP contribution in [0.1, 0.15) is 44.9 Å². The number of hydrogen-bond acceptors (Lipinski definition) is 9. The van der Waals surface area contributed by atoms with E-state index < -0.39 is 12.5 Å². The third-order valence-electron chi connectivity index (χ3n) is 9.01. The van der Waals surface area contributed by atoms with E-state index in [0.717, 1.165) is 51.3 Å². The maximum absolute atomic E-state index is 13.5. The van der Waals surface area contributed by atoms with Gasteiger partial charge in [-0.25, -0.2) is 4.99 Å². The lowest BCUT2D eigenvalue weighted by Crippen LogP contribution is -2.49. The van der Waals surface area contributed by atoms with Gasteiger partial charge in [0, 0.05) is 61.1 Å². The van der Waals surface area contributed by atoms with Crippen molar-refractivity contribution < 1.29 is 23.1 Å². The van der Waals surface area contributed by atoms with Gasteiger partial charge >= 0.3 is 6.61 Å². The molecule has 0 atom stereocenters. The fourth-order valence-corrected chi connectivity index (χ4v) is 6.69. The largest absolute Gasteiger partial charge is 0.434 e. The minimum absolute atomic E-state index is 0.0399. The van der Waals surface area contributed by atoms with Gasteiger partial charge in [-0.3, -0.25) is 14.3 Å². The number of ether oxygens (including phenoxy) is 1. The Bertz CT molecular complexity index is 1650. The lowest BCUT2D eigenvalue weighted by atomic mass is 9.74. The van der Waals surface area contributed by atoms with Gasteiger partial charge < -0.3 is 30.6 Å². The molecule has 5 rings (SSSR count). The smallest absolute Gasteiger partial charge is 0.387 e. The molecule has 0 bridgehead atoms. The highest BCUT2D eigenvalue weighted by atomic mass is 35.5. The summed E-state index contributed by atoms with van der Waals surface area (Å²) in [5, 5.41) is 27.9. The zero-order valence-electron chi connectivity index (χ0n) is 26.6. The number of amides is 2. The third-order valence-corrected chi connectivity index (χ3v) is 9.25. The minimum Gasteiger partial charge on any atom is -0.434 e. The predicted molar refractivity (Wildman–Crippen MR) is 178 cm³/mol. The second kappa shape index (κ2) is 15.5. The first-order valence-electron chi connectivity index (χ1n) is 15.8. The molecule has 15 heteroatoms. The van der Waals surface area contributed by atoms with Crippen LogP contribution in [0.3, 0.4) is 0 Å². The Morgan fingerprint density at radius 3 is 2.69 bits per heavy atom. The van der Waals surface area contributed by atoms with Crippen molar-refractivity contribution in [1.82, 2.24) is 24.9 Å². The topological polar surface area (TPSA) is 152 Å². The number of hydrogen-bond donors (Lipinski definition) is 3. The third kappa shape index (κ3) is 8.26. The number of piperidine rings is 1. The molecule has 2 aromatic rings. The van der Waals surface area contributed by atoms with E-state index in [4.69, 9.17) is 21.7 Å². The number of nitrogens with one attached hydrogen (secondary N) is 3. The Kier molecular flexibility index (Phi) is 11.2. The summed E-state index contributed by atoms with van der Waals surface area (Å²) in [4.78, 5) is 34.9. The number of halogens is 3. The van der Waals surface area contributed by atoms with Crippen LogP contribution in [0.25, 0.3) is 11.3 Å². The van der Waals surface area contributed by atoms with Gasteiger partial charge in [-0.1, -0.05) is 30.9 Å². The summed E-state index contributed by atoms with van der Waals surface area (Å²) in [7, 11) is 2.06. The van der Waals surface area contributed by atoms with Gasteiger partial charge in [0.05, 0.1) is 22.7 Å². The molecule has 2 fully saturated rings. The first-order valence-corrected chi connectivity index (χ1v) is 16.2. The molecule has 12 nitrogen and oxygen atoms in total. The number of rotatable bonds is 11. The molecule has 3 heterocycles. The number of allylic oxidation sites excluding steroid dienone is 1. The van der Waals surface area contributed by atoms with Gasteiger partial charge in [0.1, 0.15) is 23.8 Å². The summed E-state index contributed by atoms with van der Waals surface area (Å²) in [6, 6.07) is 6.88. The molecular formula is C33H38ClF2N9O3. The van der Waals surface area contributed by atoms with Crippen molar-refractivity contribution in [2.75, 3.05) is 32.0 Å². The van der Waals surface area contributed by atoms with Crippen molar-refractivity contribution in [2.45, 2.75) is 64.1 Å². The molecule has 1 saturated carbocycles. The van der Waals surface area contributed by atoms with Crippen LogP contribution in [0.4, 0.5) is 14.5 Å². The highest BCUT2D eigenvalue weighted by Gasteiger charge is 2.36. The number of carbonyl (C=O) groups excluding carboxylic acids is 2. The average molecular weight is 682 g/mol. The Hall–Kier alpha value is -4.61. The number of alkyl halides is 2. The fraction of sp³-hybridized carbons (Fsp3) is 0.455. The van der Waals surface area contributed by atoms with Crippen molar-refractivity contribution in [1.29, 1.82) is 10.7 Å². The quantitative estimate of drug-likeness (QED) is 0.218. The molecule has 48 heavy (non-hydrogen) atoms. The normalized spacial score (nSPS) is 18.7. The van der Waals surface area contributed by atoms with Gasteiger partial charge in [0.25, 0.3) is 5.91 Å². The van der Waals surface area contributed by atoms with Crippen molar-refractivity contribution in [3.63, 3.8) is 0 Å². The van der Waals surface area contributed by atoms with Crippen LogP contribution in [0, 0.1) is 22.2 Å². The average Bonchev–Trinajstić information content (AvgIpc) is 3.47. The molecule has 0 spiro atoms. The molecule has 3 N–H and O–H groups in total. The van der Waals surface area contributed by atoms with E-state index in [-0.39, 0.29) is 63.0 Å². The summed E-state index contributed by atoms with van der Waals surface area (Å²) >= 11 is 6.22. The SMILES string of the molecule is CN(CC1(C#N)CCCCC1)C1CCN(C(=O)Cn2cc(NC(=O)/C(C=N)=C3\N=CC=CN3)c(-c3cc(Cl)ccc3OC(F)F)n2)CC1. The van der Waals surface area contributed by atoms with Gasteiger partial charge in [0.15, 0.2) is 0 Å². The Morgan fingerprint density at radius 1 is 1.29 bits per heavy atom. The number of likely N-dealkylation sites (tertiary alicyclic amines) is 1. The Balaban J connectivity index is 1.33. The molecule has 1 aromatic heterocycles. The maximum atomic E-state index is 13.5. The molecule has 2 aliphatic heterocycles. The summed E-state index contributed by atoms with van der Waals surface area (Å²) in [5.74, 6) is -1.01. The number of nitriles is 1. The molecule has 254 valence electrons. The standard InChI is InChI=1S/C33H38ClF2N9O3/c1-43(21-33(20-38)10-3-2-4-11-33)23-8-14-44(15-9-23)28(46)19-45-18-26(41-31(47)25(17-37)30-39-12-5-13-40-30)29(42-45)24-16-22(34)6-7-27(24)48-32(35)36/h5-7,12-13,16-18,23,32,37,39H,2-4,8-11,14-15,19,21H2,1H3,(H,41,47)/b30-25-,37-17?. The second-order valence-electron chi connectivity index (χ2n) is 12.2. The molecule has 0 unspecified atom stereocenters. The van der Waals surface area contributed by atoms with Crippen molar-refractivity contribution in [3.8, 4) is 23.1 Å². The number of nitrogens with zero attached hydrogens (tertiary/aromatic N) is 6. The summed E-state index contributed by atoms with van der Waals surface area (Å²) in [5.41, 5.74) is -0.210.